The fourth-order valence-electron chi connectivity index (χ4n) is 8.05. The molecule has 2 aromatic carbocycles. The Hall–Kier alpha value is -4.57. The van der Waals surface area contributed by atoms with E-state index in [9.17, 15) is 9.59 Å². The lowest BCUT2D eigenvalue weighted by Crippen LogP contribution is -2.51. The summed E-state index contributed by atoms with van der Waals surface area (Å²) in [6.45, 7) is 3.10. The second kappa shape index (κ2) is 10.5. The molecule has 5 heterocycles. The molecule has 5 aromatic rings. The lowest BCUT2D eigenvalue weighted by Gasteiger charge is -2.39. The molecule has 2 aliphatic carbocycles. The maximum atomic E-state index is 16.3. The summed E-state index contributed by atoms with van der Waals surface area (Å²) in [5.41, 5.74) is 10.00. The molecule has 2 bridgehead atoms. The van der Waals surface area contributed by atoms with E-state index in [0.717, 1.165) is 36.1 Å². The summed E-state index contributed by atoms with van der Waals surface area (Å²) in [6.07, 6.45) is 6.09. The van der Waals surface area contributed by atoms with Crippen LogP contribution in [0.2, 0.25) is 0 Å². The van der Waals surface area contributed by atoms with E-state index >= 15 is 4.39 Å². The third kappa shape index (κ3) is 4.45. The summed E-state index contributed by atoms with van der Waals surface area (Å²) in [5, 5.41) is 1.01. The topological polar surface area (TPSA) is 102 Å². The molecule has 234 valence electrons. The van der Waals surface area contributed by atoms with Gasteiger partial charge in [0.1, 0.15) is 17.0 Å². The number of pyridine rings is 1. The van der Waals surface area contributed by atoms with Crippen molar-refractivity contribution in [3.05, 3.63) is 83.8 Å². The van der Waals surface area contributed by atoms with Crippen LogP contribution in [-0.2, 0) is 13.1 Å². The Labute approximate surface area is 265 Å². The highest BCUT2D eigenvalue weighted by atomic mass is 19.1. The molecule has 9 rings (SSSR count). The molecule has 2 amide bonds. The van der Waals surface area contributed by atoms with Crippen molar-refractivity contribution in [3.8, 4) is 11.5 Å². The largest absolute Gasteiger partial charge is 0.338 e. The van der Waals surface area contributed by atoms with Crippen LogP contribution >= 0.6 is 0 Å². The lowest BCUT2D eigenvalue weighted by atomic mass is 9.98. The van der Waals surface area contributed by atoms with Gasteiger partial charge in [0.15, 0.2) is 5.82 Å². The molecule has 9 nitrogen and oxygen atoms in total. The van der Waals surface area contributed by atoms with Crippen LogP contribution in [0.15, 0.2) is 66.9 Å². The van der Waals surface area contributed by atoms with E-state index in [1.165, 1.54) is 18.9 Å². The highest BCUT2D eigenvalue weighted by molar-refractivity contribution is 5.99. The SMILES string of the molecule is N[C@@H]1C2CCC1N(C(=O)c1cc(F)c3c(c1)nc(-c1cc4cccnc4n1CC1CC1)n3CC1CN(C(=O)c3ccccc3)C1)C2. The number of rotatable bonds is 7. The van der Waals surface area contributed by atoms with Crippen LogP contribution in [0.1, 0.15) is 46.4 Å². The van der Waals surface area contributed by atoms with E-state index in [4.69, 9.17) is 15.7 Å². The minimum absolute atomic E-state index is 0.00728. The number of likely N-dealkylation sites (tertiary alicyclic amines) is 2. The number of fused-ring (bicyclic) bond motifs is 4. The Morgan fingerprint density at radius 1 is 0.848 bits per heavy atom. The first kappa shape index (κ1) is 27.7. The van der Waals surface area contributed by atoms with Gasteiger partial charge in [-0.2, -0.15) is 0 Å². The Morgan fingerprint density at radius 2 is 1.65 bits per heavy atom. The number of amides is 2. The molecule has 2 N–H and O–H groups in total. The molecular weight excluding hydrogens is 581 g/mol. The Balaban J connectivity index is 1.11. The van der Waals surface area contributed by atoms with Crippen molar-refractivity contribution in [2.24, 2.45) is 23.5 Å². The average Bonchev–Trinajstić information content (AvgIpc) is 3.40. The highest BCUT2D eigenvalue weighted by Gasteiger charge is 2.47. The van der Waals surface area contributed by atoms with Gasteiger partial charge in [0.2, 0.25) is 0 Å². The van der Waals surface area contributed by atoms with Gasteiger partial charge in [-0.25, -0.2) is 14.4 Å². The molecule has 4 fully saturated rings. The van der Waals surface area contributed by atoms with Crippen LogP contribution < -0.4 is 5.73 Å². The molecule has 10 heteroatoms. The molecule has 4 aliphatic rings. The smallest absolute Gasteiger partial charge is 0.254 e. The number of carbonyl (C=O) groups is 2. The number of piperidine rings is 1. The molecule has 3 aromatic heterocycles. The number of hydrogen-bond donors (Lipinski definition) is 1. The monoisotopic (exact) mass is 617 g/mol. The minimum atomic E-state index is -0.465. The van der Waals surface area contributed by atoms with Crippen molar-refractivity contribution in [2.45, 2.75) is 50.9 Å². The number of benzene rings is 2. The minimum Gasteiger partial charge on any atom is -0.338 e. The molecule has 0 radical (unpaired) electrons. The van der Waals surface area contributed by atoms with Gasteiger partial charge in [0.05, 0.1) is 11.2 Å². The Bertz CT molecular complexity index is 2010. The standard InChI is InChI=1S/C36H36FN7O2/c37-27-13-26(36(46)43-20-25-10-11-29(43)31(25)38)14-28-32(27)44(19-22-16-41(17-22)35(45)23-5-2-1-3-6-23)34(40-28)30-15-24-7-4-12-39-33(24)42(30)18-21-8-9-21/h1-7,12-15,21-22,25,29,31H,8-11,16-20,38H2/t25?,29?,31-/m1/s1. The molecule has 2 saturated carbocycles. The summed E-state index contributed by atoms with van der Waals surface area (Å²) in [6, 6.07) is 18.5. The zero-order valence-corrected chi connectivity index (χ0v) is 25.6. The first-order valence-electron chi connectivity index (χ1n) is 16.5. The number of nitrogens with zero attached hydrogens (tertiary/aromatic N) is 6. The third-order valence-corrected chi connectivity index (χ3v) is 10.7. The Morgan fingerprint density at radius 3 is 2.39 bits per heavy atom. The fourth-order valence-corrected chi connectivity index (χ4v) is 8.05. The maximum Gasteiger partial charge on any atom is 0.254 e. The first-order valence-corrected chi connectivity index (χ1v) is 16.5. The third-order valence-electron chi connectivity index (χ3n) is 10.7. The summed E-state index contributed by atoms with van der Waals surface area (Å²) < 4.78 is 20.5. The van der Waals surface area contributed by atoms with Crippen molar-refractivity contribution in [2.75, 3.05) is 19.6 Å². The van der Waals surface area contributed by atoms with E-state index < -0.39 is 5.82 Å². The molecule has 0 spiro atoms. The van der Waals surface area contributed by atoms with E-state index in [2.05, 4.69) is 10.6 Å². The van der Waals surface area contributed by atoms with E-state index in [1.54, 1.807) is 12.3 Å². The predicted molar refractivity (Wildman–Crippen MR) is 173 cm³/mol. The van der Waals surface area contributed by atoms with Crippen molar-refractivity contribution in [3.63, 3.8) is 0 Å². The van der Waals surface area contributed by atoms with E-state index in [-0.39, 0.29) is 29.8 Å². The van der Waals surface area contributed by atoms with Gasteiger partial charge in [-0.05, 0) is 80.0 Å². The van der Waals surface area contributed by atoms with Crippen LogP contribution in [-0.4, -0.2) is 72.4 Å². The van der Waals surface area contributed by atoms with Crippen LogP contribution in [0.25, 0.3) is 33.6 Å². The Kier molecular flexibility index (Phi) is 6.32. The number of hydrogen-bond acceptors (Lipinski definition) is 5. The molecular formula is C36H36FN7O2. The number of nitrogens with two attached hydrogens (primary N) is 1. The highest BCUT2D eigenvalue weighted by Crippen LogP contribution is 2.39. The number of imidazole rings is 1. The first-order chi connectivity index (χ1) is 22.4. The summed E-state index contributed by atoms with van der Waals surface area (Å²) in [5.74, 6) is 1.05. The zero-order chi connectivity index (χ0) is 31.1. The van der Waals surface area contributed by atoms with Crippen molar-refractivity contribution in [1.82, 2.24) is 28.9 Å². The van der Waals surface area contributed by atoms with Gasteiger partial charge in [0.25, 0.3) is 11.8 Å². The second-order valence-corrected chi connectivity index (χ2v) is 13.8. The van der Waals surface area contributed by atoms with Crippen LogP contribution in [0.3, 0.4) is 0 Å². The second-order valence-electron chi connectivity index (χ2n) is 13.8. The summed E-state index contributed by atoms with van der Waals surface area (Å²) in [4.78, 5) is 40.2. The average molecular weight is 618 g/mol. The van der Waals surface area contributed by atoms with Gasteiger partial charge in [0, 0.05) is 73.4 Å². The predicted octanol–water partition coefficient (Wildman–Crippen LogP) is 4.94. The normalized spacial score (nSPS) is 22.7. The lowest BCUT2D eigenvalue weighted by molar-refractivity contribution is 0.0471. The zero-order valence-electron chi connectivity index (χ0n) is 25.6. The van der Waals surface area contributed by atoms with Gasteiger partial charge >= 0.3 is 0 Å². The van der Waals surface area contributed by atoms with Crippen LogP contribution in [0.5, 0.6) is 0 Å². The van der Waals surface area contributed by atoms with Gasteiger partial charge in [-0.15, -0.1) is 0 Å². The molecule has 2 unspecified atom stereocenters. The molecule has 2 aliphatic heterocycles. The van der Waals surface area contributed by atoms with E-state index in [0.29, 0.717) is 66.0 Å². The van der Waals surface area contributed by atoms with Crippen molar-refractivity contribution >= 4 is 33.9 Å². The number of aromatic nitrogens is 4. The van der Waals surface area contributed by atoms with Crippen LogP contribution in [0.4, 0.5) is 4.39 Å². The molecule has 3 atom stereocenters. The quantitative estimate of drug-likeness (QED) is 0.279. The van der Waals surface area contributed by atoms with Crippen molar-refractivity contribution in [1.29, 1.82) is 0 Å². The molecule has 46 heavy (non-hydrogen) atoms. The fraction of sp³-hybridized carbons (Fsp3) is 0.389. The molecule has 2 saturated heterocycles. The van der Waals surface area contributed by atoms with E-state index in [1.807, 2.05) is 56.8 Å². The van der Waals surface area contributed by atoms with Crippen LogP contribution in [0, 0.1) is 23.6 Å². The van der Waals surface area contributed by atoms with Gasteiger partial charge in [-0.1, -0.05) is 18.2 Å². The van der Waals surface area contributed by atoms with Gasteiger partial charge in [-0.3, -0.25) is 9.59 Å². The summed E-state index contributed by atoms with van der Waals surface area (Å²) in [7, 11) is 0. The number of halogens is 1. The number of carbonyl (C=O) groups excluding carboxylic acids is 2. The maximum absolute atomic E-state index is 16.3. The summed E-state index contributed by atoms with van der Waals surface area (Å²) >= 11 is 0. The van der Waals surface area contributed by atoms with Crippen molar-refractivity contribution < 1.29 is 14.0 Å². The van der Waals surface area contributed by atoms with Gasteiger partial charge < -0.3 is 24.7 Å².